The van der Waals surface area contributed by atoms with Gasteiger partial charge in [0, 0.05) is 5.38 Å². The Morgan fingerprint density at radius 2 is 1.92 bits per heavy atom. The lowest BCUT2D eigenvalue weighted by atomic mass is 10.2. The fourth-order valence-corrected chi connectivity index (χ4v) is 2.85. The first-order chi connectivity index (χ1) is 12.0. The molecule has 0 bridgehead atoms. The summed E-state index contributed by atoms with van der Waals surface area (Å²) in [4.78, 5) is 16.5. The first kappa shape index (κ1) is 17.2. The van der Waals surface area contributed by atoms with E-state index in [1.54, 1.807) is 42.5 Å². The summed E-state index contributed by atoms with van der Waals surface area (Å²) in [5.74, 6) is 0.931. The zero-order chi connectivity index (χ0) is 17.8. The highest BCUT2D eigenvalue weighted by molar-refractivity contribution is 7.09. The number of benzene rings is 1. The van der Waals surface area contributed by atoms with Gasteiger partial charge in [0.15, 0.2) is 0 Å². The fourth-order valence-electron chi connectivity index (χ4n) is 2.25. The van der Waals surface area contributed by atoms with Crippen LogP contribution in [0.2, 0.25) is 0 Å². The maximum atomic E-state index is 12.1. The molecule has 0 radical (unpaired) electrons. The molecule has 3 rings (SSSR count). The molecule has 0 aliphatic heterocycles. The van der Waals surface area contributed by atoms with Crippen LogP contribution in [0.25, 0.3) is 0 Å². The molecule has 130 valence electrons. The summed E-state index contributed by atoms with van der Waals surface area (Å²) in [6.07, 6.45) is 0. The van der Waals surface area contributed by atoms with Crippen molar-refractivity contribution >= 4 is 17.3 Å². The third kappa shape index (κ3) is 4.24. The number of esters is 1. The Labute approximate surface area is 149 Å². The number of aromatic nitrogens is 2. The molecule has 0 aliphatic rings. The molecule has 0 saturated heterocycles. The summed E-state index contributed by atoms with van der Waals surface area (Å²) in [7, 11) is 0. The maximum Gasteiger partial charge on any atom is 0.338 e. The summed E-state index contributed by atoms with van der Waals surface area (Å²) in [5, 5.41) is 6.82. The molecule has 0 unspecified atom stereocenters. The molecule has 0 aliphatic carbocycles. The van der Waals surface area contributed by atoms with Crippen molar-refractivity contribution in [3.8, 4) is 5.75 Å². The van der Waals surface area contributed by atoms with Crippen LogP contribution in [0.3, 0.4) is 0 Å². The van der Waals surface area contributed by atoms with Crippen molar-refractivity contribution in [3.63, 3.8) is 0 Å². The predicted octanol–water partition coefficient (Wildman–Crippen LogP) is 3.99. The van der Waals surface area contributed by atoms with Crippen molar-refractivity contribution in [3.05, 3.63) is 62.9 Å². The van der Waals surface area contributed by atoms with Crippen LogP contribution in [0, 0.1) is 20.8 Å². The van der Waals surface area contributed by atoms with Gasteiger partial charge in [-0.3, -0.25) is 0 Å². The van der Waals surface area contributed by atoms with Crippen LogP contribution in [0.5, 0.6) is 5.75 Å². The summed E-state index contributed by atoms with van der Waals surface area (Å²) in [6.45, 7) is 6.10. The summed E-state index contributed by atoms with van der Waals surface area (Å²) in [5.41, 5.74) is 2.88. The van der Waals surface area contributed by atoms with Crippen molar-refractivity contribution in [1.82, 2.24) is 10.1 Å². The lowest BCUT2D eigenvalue weighted by molar-refractivity contribution is 0.0471. The van der Waals surface area contributed by atoms with E-state index < -0.39 is 5.97 Å². The number of rotatable bonds is 6. The smallest absolute Gasteiger partial charge is 0.338 e. The second-order valence-corrected chi connectivity index (χ2v) is 6.61. The second-order valence-electron chi connectivity index (χ2n) is 5.55. The quantitative estimate of drug-likeness (QED) is 0.620. The van der Waals surface area contributed by atoms with Crippen LogP contribution in [-0.2, 0) is 18.0 Å². The minimum atomic E-state index is -0.401. The van der Waals surface area contributed by atoms with E-state index in [0.29, 0.717) is 23.7 Å². The molecule has 0 atom stereocenters. The van der Waals surface area contributed by atoms with Gasteiger partial charge in [-0.1, -0.05) is 5.16 Å². The average molecular weight is 358 g/mol. The minimum Gasteiger partial charge on any atom is -0.487 e. The zero-order valence-electron chi connectivity index (χ0n) is 14.2. The Morgan fingerprint density at radius 1 is 1.16 bits per heavy atom. The molecular weight excluding hydrogens is 340 g/mol. The molecule has 0 fully saturated rings. The average Bonchev–Trinajstić information content (AvgIpc) is 3.17. The molecule has 0 N–H and O–H groups in total. The van der Waals surface area contributed by atoms with E-state index in [9.17, 15) is 4.79 Å². The summed E-state index contributed by atoms with van der Waals surface area (Å²) >= 11 is 1.59. The number of thiazole rings is 1. The van der Waals surface area contributed by atoms with E-state index in [0.717, 1.165) is 22.0 Å². The van der Waals surface area contributed by atoms with E-state index in [1.807, 2.05) is 19.2 Å². The molecular formula is C18H18N2O4S. The predicted molar refractivity (Wildman–Crippen MR) is 92.7 cm³/mol. The molecule has 3 aromatic rings. The zero-order valence-corrected chi connectivity index (χ0v) is 15.1. The number of carbonyl (C=O) groups excluding carboxylic acids is 1. The fraction of sp³-hybridized carbons (Fsp3) is 0.278. The van der Waals surface area contributed by atoms with Gasteiger partial charge in [0.05, 0.1) is 27.5 Å². The largest absolute Gasteiger partial charge is 0.487 e. The van der Waals surface area contributed by atoms with E-state index in [2.05, 4.69) is 10.1 Å². The van der Waals surface area contributed by atoms with Gasteiger partial charge in [0.1, 0.15) is 24.7 Å². The van der Waals surface area contributed by atoms with Crippen molar-refractivity contribution in [2.75, 3.05) is 0 Å². The van der Waals surface area contributed by atoms with Gasteiger partial charge in [-0.05, 0) is 45.0 Å². The number of aryl methyl sites for hydroxylation is 3. The van der Waals surface area contributed by atoms with Crippen molar-refractivity contribution in [1.29, 1.82) is 0 Å². The van der Waals surface area contributed by atoms with Crippen molar-refractivity contribution in [2.24, 2.45) is 0 Å². The first-order valence-electron chi connectivity index (χ1n) is 7.75. The summed E-state index contributed by atoms with van der Waals surface area (Å²) in [6, 6.07) is 6.84. The van der Waals surface area contributed by atoms with Crippen LogP contribution in [0.1, 0.15) is 38.1 Å². The van der Waals surface area contributed by atoms with Crippen LogP contribution < -0.4 is 4.74 Å². The highest BCUT2D eigenvalue weighted by atomic mass is 32.1. The number of ether oxygens (including phenoxy) is 2. The standard InChI is InChI=1S/C18H18N2O4S/c1-11-17(12(2)24-20-11)9-23-18(21)14-4-6-16(7-5-14)22-8-15-10-25-13(3)19-15/h4-7,10H,8-9H2,1-3H3. The van der Waals surface area contributed by atoms with Crippen molar-refractivity contribution in [2.45, 2.75) is 34.0 Å². The number of hydrogen-bond donors (Lipinski definition) is 0. The highest BCUT2D eigenvalue weighted by Crippen LogP contribution is 2.18. The van der Waals surface area contributed by atoms with Crippen molar-refractivity contribution < 1.29 is 18.8 Å². The molecule has 6 nitrogen and oxygen atoms in total. The molecule has 7 heteroatoms. The van der Waals surface area contributed by atoms with Gasteiger partial charge in [0.25, 0.3) is 0 Å². The lowest BCUT2D eigenvalue weighted by Gasteiger charge is -2.07. The van der Waals surface area contributed by atoms with Crippen LogP contribution in [-0.4, -0.2) is 16.1 Å². The first-order valence-corrected chi connectivity index (χ1v) is 8.63. The topological polar surface area (TPSA) is 74.5 Å². The van der Waals surface area contributed by atoms with Gasteiger partial charge in [-0.25, -0.2) is 9.78 Å². The second kappa shape index (κ2) is 7.48. The number of hydrogen-bond acceptors (Lipinski definition) is 7. The van der Waals surface area contributed by atoms with E-state index in [1.165, 1.54) is 0 Å². The Hall–Kier alpha value is -2.67. The van der Waals surface area contributed by atoms with Gasteiger partial charge >= 0.3 is 5.97 Å². The number of carbonyl (C=O) groups is 1. The lowest BCUT2D eigenvalue weighted by Crippen LogP contribution is -2.06. The normalized spacial score (nSPS) is 10.7. The molecule has 25 heavy (non-hydrogen) atoms. The van der Waals surface area contributed by atoms with Gasteiger partial charge in [-0.15, -0.1) is 11.3 Å². The van der Waals surface area contributed by atoms with Crippen LogP contribution in [0.4, 0.5) is 0 Å². The summed E-state index contributed by atoms with van der Waals surface area (Å²) < 4.78 is 16.0. The van der Waals surface area contributed by atoms with Gasteiger partial charge in [-0.2, -0.15) is 0 Å². The van der Waals surface area contributed by atoms with E-state index >= 15 is 0 Å². The van der Waals surface area contributed by atoms with E-state index in [-0.39, 0.29) is 6.61 Å². The number of nitrogens with zero attached hydrogens (tertiary/aromatic N) is 2. The Morgan fingerprint density at radius 3 is 2.52 bits per heavy atom. The molecule has 1 aromatic carbocycles. The molecule has 2 heterocycles. The minimum absolute atomic E-state index is 0.140. The molecule has 0 saturated carbocycles. The van der Waals surface area contributed by atoms with Gasteiger partial charge < -0.3 is 14.0 Å². The van der Waals surface area contributed by atoms with E-state index in [4.69, 9.17) is 14.0 Å². The Bertz CT molecular complexity index is 848. The third-order valence-electron chi connectivity index (χ3n) is 3.67. The third-order valence-corrected chi connectivity index (χ3v) is 4.49. The molecule has 2 aromatic heterocycles. The highest BCUT2D eigenvalue weighted by Gasteiger charge is 2.13. The molecule has 0 spiro atoms. The maximum absolute atomic E-state index is 12.1. The Kier molecular flexibility index (Phi) is 5.14. The van der Waals surface area contributed by atoms with Crippen LogP contribution >= 0.6 is 11.3 Å². The van der Waals surface area contributed by atoms with Gasteiger partial charge in [0.2, 0.25) is 0 Å². The molecule has 0 amide bonds. The Balaban J connectivity index is 1.55. The monoisotopic (exact) mass is 358 g/mol. The SMILES string of the molecule is Cc1nc(COc2ccc(C(=O)OCc3c(C)noc3C)cc2)cs1. The van der Waals surface area contributed by atoms with Crippen LogP contribution in [0.15, 0.2) is 34.2 Å².